The molecule has 0 fully saturated rings. The monoisotopic (exact) mass is 2110 g/mol. The molecule has 0 aliphatic heterocycles. The molecule has 0 amide bonds. The fourth-order valence-corrected chi connectivity index (χ4v) is 24.4. The fourth-order valence-electron chi connectivity index (χ4n) is 12.5. The largest absolute Gasteiger partial charge is 1.00 e. The predicted molar refractivity (Wildman–Crippen MR) is 426 cm³/mol. The van der Waals surface area contributed by atoms with E-state index in [4.69, 9.17) is 34.5 Å². The van der Waals surface area contributed by atoms with E-state index < -0.39 is 31.7 Å². The van der Waals surface area contributed by atoms with Gasteiger partial charge in [-0.05, 0) is 121 Å². The van der Waals surface area contributed by atoms with Crippen LogP contribution in [-0.2, 0) is 89.5 Å². The molecule has 0 radical (unpaired) electrons. The van der Waals surface area contributed by atoms with Crippen molar-refractivity contribution in [3.05, 3.63) is 412 Å². The van der Waals surface area contributed by atoms with E-state index in [1.165, 1.54) is 63.7 Å². The van der Waals surface area contributed by atoms with Crippen molar-refractivity contribution in [2.24, 2.45) is 0 Å². The minimum atomic E-state index is -1.14. The molecule has 10 heteroatoms. The number of fused-ring (bicyclic) bond motifs is 6. The molecule has 0 saturated carbocycles. The molecule has 0 N–H and O–H groups in total. The Morgan fingerprint density at radius 3 is 0.480 bits per heavy atom. The van der Waals surface area contributed by atoms with Gasteiger partial charge in [-0.3, -0.25) is 23.7 Å². The number of furan rings is 2. The molecule has 504 valence electrons. The maximum Gasteiger partial charge on any atom is 1.00 e. The van der Waals surface area contributed by atoms with Gasteiger partial charge in [0.1, 0.15) is 118 Å². The van der Waals surface area contributed by atoms with Crippen molar-refractivity contribution in [2.75, 3.05) is 0 Å². The van der Waals surface area contributed by atoms with Crippen LogP contribution in [0.2, 0.25) is 0 Å². The van der Waals surface area contributed by atoms with Gasteiger partial charge in [0.15, 0.2) is 0 Å². The van der Waals surface area contributed by atoms with Gasteiger partial charge in [0.05, 0.1) is 0 Å². The Morgan fingerprint density at radius 1 is 0.186 bits per heavy atom. The molecule has 0 unspecified atom stereocenters. The third-order valence-electron chi connectivity index (χ3n) is 17.0. The van der Waals surface area contributed by atoms with E-state index in [9.17, 15) is 0 Å². The minimum absolute atomic E-state index is 0. The van der Waals surface area contributed by atoms with E-state index in [1.807, 2.05) is 48.5 Å². The number of rotatable bonds is 12. The van der Waals surface area contributed by atoms with Gasteiger partial charge in [0, 0.05) is 21.5 Å². The molecule has 0 spiro atoms. The molecule has 14 aromatic carbocycles. The van der Waals surface area contributed by atoms with Crippen molar-refractivity contribution in [3.8, 4) is 23.7 Å². The van der Waals surface area contributed by atoms with Gasteiger partial charge in [-0.1, -0.05) is 218 Å². The van der Waals surface area contributed by atoms with E-state index in [2.05, 4.69) is 315 Å². The van der Waals surface area contributed by atoms with Crippen LogP contribution in [0.1, 0.15) is 22.3 Å². The van der Waals surface area contributed by atoms with E-state index in [0.29, 0.717) is 22.3 Å². The average Bonchev–Trinajstić information content (AvgIpc) is 1.16. The summed E-state index contributed by atoms with van der Waals surface area (Å²) in [4.78, 5) is 0. The van der Waals surface area contributed by atoms with Gasteiger partial charge in [-0.25, -0.2) is 0 Å². The summed E-state index contributed by atoms with van der Waals surface area (Å²) in [6.07, 6.45) is 28.4. The first-order valence-corrected chi connectivity index (χ1v) is 38.2. The third kappa shape index (κ3) is 18.5. The van der Waals surface area contributed by atoms with Gasteiger partial charge < -0.3 is 34.5 Å². The van der Waals surface area contributed by atoms with Crippen LogP contribution in [0.4, 0.5) is 0 Å². The predicted octanol–water partition coefficient (Wildman–Crippen LogP) is 16.2. The van der Waals surface area contributed by atoms with Crippen LogP contribution in [-0.4, -0.2) is 0 Å². The molecule has 0 atom stereocenters. The van der Waals surface area contributed by atoms with Crippen molar-refractivity contribution in [1.29, 1.82) is 0 Å². The zero-order chi connectivity index (χ0) is 66.8. The average molecular weight is 2110 g/mol. The SMILES string of the molecule is [Au+].[Au+].[Au+].[Au+].[C-]#Cc1ccc2c(c1)oc1cc(C#[C-])ccc12.[C-]#Cc1ccc2c(c1)oc1cc(C#[C-])ccc12.c1ccc([PH+](c2ccccc2)c2ccccc2[PH+](c2ccccc2)c2ccccc2)cc1.c1ccc([PH+](c2ccccc2)c2ccccc2[PH+](c2ccccc2)c2ccccc2)cc1. The van der Waals surface area contributed by atoms with Crippen molar-refractivity contribution in [2.45, 2.75) is 0 Å². The Kier molecular flexibility index (Phi) is 29.5. The van der Waals surface area contributed by atoms with Crippen molar-refractivity contribution in [3.63, 3.8) is 0 Å². The Balaban J connectivity index is 0.000000162. The van der Waals surface area contributed by atoms with Gasteiger partial charge in [0.2, 0.25) is 0 Å². The number of hydrogen-bond acceptors (Lipinski definition) is 2. The van der Waals surface area contributed by atoms with Crippen LogP contribution >= 0.6 is 31.7 Å². The van der Waals surface area contributed by atoms with Crippen LogP contribution < -0.4 is 63.7 Å². The van der Waals surface area contributed by atoms with Gasteiger partial charge >= 0.3 is 89.5 Å². The zero-order valence-corrected chi connectivity index (χ0v) is 67.3. The molecule has 2 heterocycles. The molecule has 2 aromatic heterocycles. The first-order chi connectivity index (χ1) is 48.5. The van der Waals surface area contributed by atoms with Crippen LogP contribution in [0.3, 0.4) is 0 Å². The standard InChI is InChI=1S/2C30H24P2.2C16H6O.4Au/c2*1-5-15-25(16-6-1)31(26-17-7-2-8-18-26)29-23-13-14-24-30(29)32(27-19-9-3-10-20-27)28-21-11-4-12-22-28;2*1-3-11-5-7-13-14-8-6-12(4-2)10-16(14)17-15(13)9-11;;;;/h2*1-24H;2*5-10H;;;;/q;;2*-2;4*+1/p+4. The molecule has 0 bridgehead atoms. The van der Waals surface area contributed by atoms with Crippen molar-refractivity contribution in [1.82, 2.24) is 0 Å². The summed E-state index contributed by atoms with van der Waals surface area (Å²) >= 11 is 0. The van der Waals surface area contributed by atoms with Crippen LogP contribution in [0, 0.1) is 49.4 Å². The van der Waals surface area contributed by atoms with E-state index >= 15 is 0 Å². The number of hydrogen-bond donors (Lipinski definition) is 0. The molecular weight excluding hydrogens is 2050 g/mol. The Bertz CT molecular complexity index is 4680. The zero-order valence-electron chi connectivity index (χ0n) is 54.7. The van der Waals surface area contributed by atoms with E-state index in [1.54, 1.807) is 24.3 Å². The van der Waals surface area contributed by atoms with Crippen LogP contribution in [0.25, 0.3) is 43.9 Å². The van der Waals surface area contributed by atoms with Crippen LogP contribution in [0.5, 0.6) is 0 Å². The molecule has 0 aliphatic rings. The van der Waals surface area contributed by atoms with E-state index in [0.717, 1.165) is 43.9 Å². The first-order valence-electron chi connectivity index (χ1n) is 32.2. The molecule has 16 aromatic rings. The molecule has 16 rings (SSSR count). The molecule has 0 aliphatic carbocycles. The minimum Gasteiger partial charge on any atom is -0.459 e. The Hall–Kier alpha value is -8.40. The number of benzene rings is 14. The second-order valence-corrected chi connectivity index (χ2v) is 32.8. The van der Waals surface area contributed by atoms with E-state index in [-0.39, 0.29) is 89.5 Å². The van der Waals surface area contributed by atoms with Gasteiger partial charge in [-0.15, -0.1) is 46.5 Å². The molecule has 2 nitrogen and oxygen atoms in total. The Morgan fingerprint density at radius 2 is 0.333 bits per heavy atom. The summed E-state index contributed by atoms with van der Waals surface area (Å²) in [5, 5.41) is 21.5. The summed E-state index contributed by atoms with van der Waals surface area (Å²) in [5.41, 5.74) is 5.70. The summed E-state index contributed by atoms with van der Waals surface area (Å²) < 4.78 is 11.4. The fraction of sp³-hybridized carbons (Fsp3) is 0. The van der Waals surface area contributed by atoms with Crippen LogP contribution in [0.15, 0.2) is 373 Å². The molecular formula is C92H64Au4O2P4+4. The normalized spacial score (nSPS) is 10.4. The van der Waals surface area contributed by atoms with Crippen molar-refractivity contribution >= 4 is 139 Å². The van der Waals surface area contributed by atoms with Gasteiger partial charge in [-0.2, -0.15) is 0 Å². The topological polar surface area (TPSA) is 26.3 Å². The maximum atomic E-state index is 7.09. The second kappa shape index (κ2) is 38.8. The van der Waals surface area contributed by atoms with Gasteiger partial charge in [0.25, 0.3) is 0 Å². The summed E-state index contributed by atoms with van der Waals surface area (Å²) in [5.74, 6) is 9.33. The summed E-state index contributed by atoms with van der Waals surface area (Å²) in [6.45, 7) is 0. The Labute approximate surface area is 666 Å². The summed E-state index contributed by atoms with van der Waals surface area (Å²) in [7, 11) is -4.56. The van der Waals surface area contributed by atoms with Crippen molar-refractivity contribution < 1.29 is 98.4 Å². The second-order valence-electron chi connectivity index (χ2n) is 23.1. The smallest absolute Gasteiger partial charge is 0.459 e. The summed E-state index contributed by atoms with van der Waals surface area (Å²) in [6, 6.07) is 129. The quantitative estimate of drug-likeness (QED) is 0.0527. The third-order valence-corrected chi connectivity index (χ3v) is 28.6. The molecule has 0 saturated heterocycles. The maximum absolute atomic E-state index is 7.09. The first kappa shape index (κ1) is 77.8. The molecule has 102 heavy (non-hydrogen) atoms.